The Morgan fingerprint density at radius 2 is 1.92 bits per heavy atom. The molecule has 0 fully saturated rings. The number of fused-ring (bicyclic) bond motifs is 1. The molecule has 1 unspecified atom stereocenters. The highest BCUT2D eigenvalue weighted by molar-refractivity contribution is 6.30. The third kappa shape index (κ3) is 3.19. The van der Waals surface area contributed by atoms with Crippen LogP contribution in [0.1, 0.15) is 19.2 Å². The third-order valence-electron chi connectivity index (χ3n) is 4.70. The lowest BCUT2D eigenvalue weighted by Gasteiger charge is -2.22. The summed E-state index contributed by atoms with van der Waals surface area (Å²) in [5.41, 5.74) is 2.15. The van der Waals surface area contributed by atoms with Gasteiger partial charge in [0.2, 0.25) is 0 Å². The van der Waals surface area contributed by atoms with Crippen LogP contribution in [0.2, 0.25) is 5.02 Å². The number of nitrogens with zero attached hydrogens (tertiary/aromatic N) is 2. The van der Waals surface area contributed by atoms with Gasteiger partial charge >= 0.3 is 0 Å². The molecule has 0 spiro atoms. The van der Waals surface area contributed by atoms with Crippen LogP contribution in [0.15, 0.2) is 42.5 Å². The van der Waals surface area contributed by atoms with E-state index in [-0.39, 0.29) is 10.8 Å². The van der Waals surface area contributed by atoms with Crippen LogP contribution in [0.25, 0.3) is 11.3 Å². The molecule has 1 aromatic heterocycles. The minimum atomic E-state index is -0.480. The first-order chi connectivity index (χ1) is 12.5. The number of nitrogens with one attached hydrogen (secondary N) is 1. The minimum Gasteiger partial charge on any atom is -0.340 e. The number of aromatic nitrogens is 2. The maximum absolute atomic E-state index is 13.8. The number of anilines is 2. The van der Waals surface area contributed by atoms with E-state index in [1.54, 1.807) is 18.2 Å². The smallest absolute Gasteiger partial charge is 0.143 e. The first-order valence-corrected chi connectivity index (χ1v) is 8.96. The molecule has 0 amide bonds. The van der Waals surface area contributed by atoms with Crippen LogP contribution >= 0.6 is 11.6 Å². The lowest BCUT2D eigenvalue weighted by atomic mass is 10.0. The number of halogens is 3. The van der Waals surface area contributed by atoms with Crippen molar-refractivity contribution in [1.29, 1.82) is 0 Å². The maximum Gasteiger partial charge on any atom is 0.143 e. The lowest BCUT2D eigenvalue weighted by Crippen LogP contribution is -2.19. The Morgan fingerprint density at radius 1 is 1.15 bits per heavy atom. The van der Waals surface area contributed by atoms with Crippen molar-refractivity contribution in [2.45, 2.75) is 26.3 Å². The molecule has 1 aliphatic heterocycles. The maximum atomic E-state index is 13.8. The van der Waals surface area contributed by atoms with Gasteiger partial charge in [0.05, 0.1) is 5.02 Å². The second-order valence-electron chi connectivity index (χ2n) is 6.74. The zero-order chi connectivity index (χ0) is 18.3. The Bertz CT molecular complexity index is 950. The molecule has 2 heterocycles. The van der Waals surface area contributed by atoms with E-state index >= 15 is 0 Å². The van der Waals surface area contributed by atoms with E-state index in [4.69, 9.17) is 16.6 Å². The normalized spacial score (nSPS) is 16.4. The SMILES string of the molecule is CC1CCc2nc(-c3ccc(F)cc3)c(Nc3ccc(Cl)c(F)c3)n2C1. The summed E-state index contributed by atoms with van der Waals surface area (Å²) in [5, 5.41) is 3.37. The average molecular weight is 374 g/mol. The third-order valence-corrected chi connectivity index (χ3v) is 5.01. The zero-order valence-corrected chi connectivity index (χ0v) is 15.0. The van der Waals surface area contributed by atoms with Gasteiger partial charge < -0.3 is 9.88 Å². The van der Waals surface area contributed by atoms with Gasteiger partial charge in [-0.3, -0.25) is 0 Å². The fraction of sp³-hybridized carbons (Fsp3) is 0.250. The minimum absolute atomic E-state index is 0.0817. The van der Waals surface area contributed by atoms with Crippen LogP contribution < -0.4 is 5.32 Å². The molecular weight excluding hydrogens is 356 g/mol. The van der Waals surface area contributed by atoms with E-state index in [9.17, 15) is 8.78 Å². The van der Waals surface area contributed by atoms with Crippen LogP contribution in [0.5, 0.6) is 0 Å². The molecule has 26 heavy (non-hydrogen) atoms. The first-order valence-electron chi connectivity index (χ1n) is 8.58. The predicted octanol–water partition coefficient (Wildman–Crippen LogP) is 5.81. The van der Waals surface area contributed by atoms with E-state index < -0.39 is 5.82 Å². The van der Waals surface area contributed by atoms with E-state index in [1.165, 1.54) is 24.3 Å². The van der Waals surface area contributed by atoms with Gasteiger partial charge in [-0.05, 0) is 54.8 Å². The molecule has 0 saturated heterocycles. The average Bonchev–Trinajstić information content (AvgIpc) is 2.97. The van der Waals surface area contributed by atoms with Gasteiger partial charge in [0.25, 0.3) is 0 Å². The second-order valence-corrected chi connectivity index (χ2v) is 7.15. The van der Waals surface area contributed by atoms with Crippen LogP contribution in [-0.2, 0) is 13.0 Å². The molecule has 6 heteroatoms. The molecule has 0 bridgehead atoms. The molecule has 2 aromatic carbocycles. The highest BCUT2D eigenvalue weighted by Crippen LogP contribution is 2.35. The summed E-state index contributed by atoms with van der Waals surface area (Å²) >= 11 is 5.78. The van der Waals surface area contributed by atoms with Crippen molar-refractivity contribution in [3.63, 3.8) is 0 Å². The molecule has 3 aromatic rings. The summed E-state index contributed by atoms with van der Waals surface area (Å²) in [6, 6.07) is 10.9. The van der Waals surface area contributed by atoms with Crippen LogP contribution in [0, 0.1) is 17.6 Å². The first kappa shape index (κ1) is 17.0. The molecule has 4 rings (SSSR count). The van der Waals surface area contributed by atoms with Crippen LogP contribution in [0.4, 0.5) is 20.3 Å². The molecular formula is C20H18ClF2N3. The molecule has 3 nitrogen and oxygen atoms in total. The topological polar surface area (TPSA) is 29.9 Å². The predicted molar refractivity (Wildman–Crippen MR) is 99.8 cm³/mol. The van der Waals surface area contributed by atoms with E-state index in [2.05, 4.69) is 16.8 Å². The van der Waals surface area contributed by atoms with Crippen LogP contribution in [-0.4, -0.2) is 9.55 Å². The molecule has 0 aliphatic carbocycles. The number of aryl methyl sites for hydroxylation is 1. The standard InChI is InChI=1S/C20H18ClF2N3/c1-12-2-9-18-25-19(13-3-5-14(22)6-4-13)20(26(18)11-12)24-15-7-8-16(21)17(23)10-15/h3-8,10,12,24H,2,9,11H2,1H3. The van der Waals surface area contributed by atoms with Gasteiger partial charge in [-0.1, -0.05) is 18.5 Å². The van der Waals surface area contributed by atoms with E-state index in [1.807, 2.05) is 0 Å². The van der Waals surface area contributed by atoms with Gasteiger partial charge in [0, 0.05) is 24.2 Å². The van der Waals surface area contributed by atoms with Crippen molar-refractivity contribution in [3.05, 3.63) is 64.9 Å². The van der Waals surface area contributed by atoms with E-state index in [0.717, 1.165) is 42.3 Å². The number of hydrogen-bond donors (Lipinski definition) is 1. The van der Waals surface area contributed by atoms with Crippen molar-refractivity contribution in [3.8, 4) is 11.3 Å². The van der Waals surface area contributed by atoms with Crippen molar-refractivity contribution in [2.24, 2.45) is 5.92 Å². The molecule has 1 atom stereocenters. The molecule has 1 N–H and O–H groups in total. The van der Waals surface area contributed by atoms with Gasteiger partial charge in [0.1, 0.15) is 29.0 Å². The fourth-order valence-electron chi connectivity index (χ4n) is 3.31. The summed E-state index contributed by atoms with van der Waals surface area (Å²) < 4.78 is 29.3. The van der Waals surface area contributed by atoms with Crippen molar-refractivity contribution in [2.75, 3.05) is 5.32 Å². The number of benzene rings is 2. The Labute approximate surface area is 155 Å². The zero-order valence-electron chi connectivity index (χ0n) is 14.3. The molecule has 0 radical (unpaired) electrons. The fourth-order valence-corrected chi connectivity index (χ4v) is 3.43. The summed E-state index contributed by atoms with van der Waals surface area (Å²) in [7, 11) is 0. The highest BCUT2D eigenvalue weighted by atomic mass is 35.5. The number of hydrogen-bond acceptors (Lipinski definition) is 2. The van der Waals surface area contributed by atoms with Gasteiger partial charge in [-0.25, -0.2) is 13.8 Å². The molecule has 0 saturated carbocycles. The summed E-state index contributed by atoms with van der Waals surface area (Å²) in [5.74, 6) is 1.53. The highest BCUT2D eigenvalue weighted by Gasteiger charge is 2.24. The quantitative estimate of drug-likeness (QED) is 0.628. The largest absolute Gasteiger partial charge is 0.340 e. The van der Waals surface area contributed by atoms with Crippen LogP contribution in [0.3, 0.4) is 0 Å². The Hall–Kier alpha value is -2.40. The van der Waals surface area contributed by atoms with E-state index in [0.29, 0.717) is 11.6 Å². The summed E-state index contributed by atoms with van der Waals surface area (Å²) in [6.45, 7) is 3.04. The summed E-state index contributed by atoms with van der Waals surface area (Å²) in [4.78, 5) is 4.78. The lowest BCUT2D eigenvalue weighted by molar-refractivity contribution is 0.397. The molecule has 134 valence electrons. The Kier molecular flexibility index (Phi) is 4.41. The Morgan fingerprint density at radius 3 is 2.65 bits per heavy atom. The van der Waals surface area contributed by atoms with Gasteiger partial charge in [-0.2, -0.15) is 0 Å². The van der Waals surface area contributed by atoms with Gasteiger partial charge in [0.15, 0.2) is 0 Å². The van der Waals surface area contributed by atoms with Crippen molar-refractivity contribution >= 4 is 23.1 Å². The van der Waals surface area contributed by atoms with Crippen molar-refractivity contribution in [1.82, 2.24) is 9.55 Å². The van der Waals surface area contributed by atoms with Crippen molar-refractivity contribution < 1.29 is 8.78 Å². The molecule has 1 aliphatic rings. The Balaban J connectivity index is 1.81. The number of rotatable bonds is 3. The summed E-state index contributed by atoms with van der Waals surface area (Å²) in [6.07, 6.45) is 1.96. The number of imidazole rings is 1. The monoisotopic (exact) mass is 373 g/mol. The second kappa shape index (κ2) is 6.72. The van der Waals surface area contributed by atoms with Gasteiger partial charge in [-0.15, -0.1) is 0 Å².